The van der Waals surface area contributed by atoms with Crippen molar-refractivity contribution < 1.29 is 9.32 Å². The summed E-state index contributed by atoms with van der Waals surface area (Å²) < 4.78 is 5.28. The van der Waals surface area contributed by atoms with Gasteiger partial charge in [-0.1, -0.05) is 68.4 Å². The minimum atomic E-state index is -0.0783. The number of hydrogen-bond donors (Lipinski definition) is 1. The second kappa shape index (κ2) is 7.52. The summed E-state index contributed by atoms with van der Waals surface area (Å²) in [5, 5.41) is 6.86. The van der Waals surface area contributed by atoms with Crippen molar-refractivity contribution in [3.05, 3.63) is 66.1 Å². The van der Waals surface area contributed by atoms with Gasteiger partial charge in [0.2, 0.25) is 17.6 Å². The van der Waals surface area contributed by atoms with E-state index in [1.165, 1.54) is 5.56 Å². The molecule has 1 N–H and O–H groups in total. The molecule has 0 atom stereocenters. The van der Waals surface area contributed by atoms with Crippen molar-refractivity contribution in [2.45, 2.75) is 39.0 Å². The number of para-hydroxylation sites is 1. The summed E-state index contributed by atoms with van der Waals surface area (Å²) in [6, 6.07) is 17.5. The number of aryl methyl sites for hydroxylation is 1. The quantitative estimate of drug-likeness (QED) is 0.730. The number of carbonyl (C=O) groups is 1. The molecule has 5 nitrogen and oxygen atoms in total. The van der Waals surface area contributed by atoms with Crippen molar-refractivity contribution in [1.82, 2.24) is 10.1 Å². The number of benzene rings is 2. The largest absolute Gasteiger partial charge is 0.339 e. The molecule has 0 spiro atoms. The van der Waals surface area contributed by atoms with E-state index in [1.807, 2.05) is 42.5 Å². The van der Waals surface area contributed by atoms with Crippen LogP contribution in [-0.2, 0) is 16.6 Å². The van der Waals surface area contributed by atoms with Gasteiger partial charge >= 0.3 is 0 Å². The van der Waals surface area contributed by atoms with E-state index in [0.717, 1.165) is 11.3 Å². The molecule has 3 aromatic rings. The van der Waals surface area contributed by atoms with Crippen molar-refractivity contribution in [3.8, 4) is 11.4 Å². The maximum atomic E-state index is 12.0. The number of nitrogens with one attached hydrogen (secondary N) is 1. The van der Waals surface area contributed by atoms with Crippen LogP contribution in [0.15, 0.2) is 59.1 Å². The van der Waals surface area contributed by atoms with Gasteiger partial charge in [0, 0.05) is 24.1 Å². The Morgan fingerprint density at radius 2 is 1.73 bits per heavy atom. The molecule has 0 aliphatic heterocycles. The molecule has 1 amide bonds. The molecular formula is C21H23N3O2. The summed E-state index contributed by atoms with van der Waals surface area (Å²) >= 11 is 0. The average molecular weight is 349 g/mol. The number of carbonyl (C=O) groups excluding carboxylic acids is 1. The molecular weight excluding hydrogens is 326 g/mol. The number of nitrogens with zero attached hydrogens (tertiary/aromatic N) is 2. The van der Waals surface area contributed by atoms with E-state index in [4.69, 9.17) is 4.52 Å². The fourth-order valence-electron chi connectivity index (χ4n) is 2.56. The summed E-state index contributed by atoms with van der Waals surface area (Å²) in [7, 11) is 0. The number of aromatic nitrogens is 2. The number of hydrogen-bond acceptors (Lipinski definition) is 4. The Kier molecular flexibility index (Phi) is 5.16. The van der Waals surface area contributed by atoms with Crippen LogP contribution in [-0.4, -0.2) is 16.0 Å². The standard InChI is InChI=1S/C21H23N3O2/c1-21(2,3)16-11-9-15(10-12-16)20-23-19(26-24-20)14-13-18(25)22-17-7-5-4-6-8-17/h4-12H,13-14H2,1-3H3,(H,22,25). The first-order valence-corrected chi connectivity index (χ1v) is 8.70. The molecule has 134 valence electrons. The van der Waals surface area contributed by atoms with Crippen molar-refractivity contribution in [2.24, 2.45) is 0 Å². The molecule has 1 aromatic heterocycles. The topological polar surface area (TPSA) is 68.0 Å². The van der Waals surface area contributed by atoms with Gasteiger partial charge in [-0.2, -0.15) is 4.98 Å². The van der Waals surface area contributed by atoms with Crippen LogP contribution in [0.2, 0.25) is 0 Å². The average Bonchev–Trinajstić information content (AvgIpc) is 3.09. The molecule has 0 saturated carbocycles. The normalized spacial score (nSPS) is 11.3. The Bertz CT molecular complexity index is 862. The first kappa shape index (κ1) is 17.9. The summed E-state index contributed by atoms with van der Waals surface area (Å²) in [6.45, 7) is 6.53. The van der Waals surface area contributed by atoms with E-state index in [2.05, 4.69) is 48.4 Å². The van der Waals surface area contributed by atoms with E-state index in [0.29, 0.717) is 24.6 Å². The van der Waals surface area contributed by atoms with Gasteiger partial charge < -0.3 is 9.84 Å². The fourth-order valence-corrected chi connectivity index (χ4v) is 2.56. The predicted octanol–water partition coefficient (Wildman–Crippen LogP) is 4.61. The van der Waals surface area contributed by atoms with Crippen LogP contribution in [0.3, 0.4) is 0 Å². The third kappa shape index (κ3) is 4.57. The van der Waals surface area contributed by atoms with Crippen molar-refractivity contribution in [3.63, 3.8) is 0 Å². The lowest BCUT2D eigenvalue weighted by Crippen LogP contribution is -2.12. The van der Waals surface area contributed by atoms with E-state index < -0.39 is 0 Å². The molecule has 2 aromatic carbocycles. The van der Waals surface area contributed by atoms with Gasteiger partial charge in [0.1, 0.15) is 0 Å². The Hall–Kier alpha value is -2.95. The zero-order valence-electron chi connectivity index (χ0n) is 15.3. The van der Waals surface area contributed by atoms with Crippen LogP contribution in [0, 0.1) is 0 Å². The first-order chi connectivity index (χ1) is 12.4. The van der Waals surface area contributed by atoms with E-state index in [9.17, 15) is 4.79 Å². The summed E-state index contributed by atoms with van der Waals surface area (Å²) in [6.07, 6.45) is 0.700. The molecule has 5 heteroatoms. The molecule has 0 saturated heterocycles. The predicted molar refractivity (Wildman–Crippen MR) is 102 cm³/mol. The molecule has 0 radical (unpaired) electrons. The summed E-state index contributed by atoms with van der Waals surface area (Å²) in [4.78, 5) is 16.4. The minimum Gasteiger partial charge on any atom is -0.339 e. The molecule has 0 aliphatic carbocycles. The lowest BCUT2D eigenvalue weighted by molar-refractivity contribution is -0.116. The van der Waals surface area contributed by atoms with Gasteiger partial charge in [0.05, 0.1) is 0 Å². The Morgan fingerprint density at radius 3 is 2.38 bits per heavy atom. The second-order valence-electron chi connectivity index (χ2n) is 7.25. The maximum absolute atomic E-state index is 12.0. The molecule has 0 aliphatic rings. The van der Waals surface area contributed by atoms with Crippen LogP contribution in [0.4, 0.5) is 5.69 Å². The number of anilines is 1. The van der Waals surface area contributed by atoms with Gasteiger partial charge in [0.25, 0.3) is 0 Å². The second-order valence-corrected chi connectivity index (χ2v) is 7.25. The molecule has 0 fully saturated rings. The van der Waals surface area contributed by atoms with Crippen LogP contribution in [0.1, 0.15) is 38.6 Å². The molecule has 26 heavy (non-hydrogen) atoms. The SMILES string of the molecule is CC(C)(C)c1ccc(-c2noc(CCC(=O)Nc3ccccc3)n2)cc1. The highest BCUT2D eigenvalue weighted by molar-refractivity contribution is 5.90. The van der Waals surface area contributed by atoms with Crippen molar-refractivity contribution >= 4 is 11.6 Å². The molecule has 0 unspecified atom stereocenters. The van der Waals surface area contributed by atoms with E-state index >= 15 is 0 Å². The third-order valence-electron chi connectivity index (χ3n) is 4.10. The summed E-state index contributed by atoms with van der Waals surface area (Å²) in [5.41, 5.74) is 3.04. The molecule has 0 bridgehead atoms. The first-order valence-electron chi connectivity index (χ1n) is 8.70. The van der Waals surface area contributed by atoms with Crippen LogP contribution in [0.5, 0.6) is 0 Å². The highest BCUT2D eigenvalue weighted by Gasteiger charge is 2.15. The zero-order chi connectivity index (χ0) is 18.6. The fraction of sp³-hybridized carbons (Fsp3) is 0.286. The Morgan fingerprint density at radius 1 is 1.04 bits per heavy atom. The van der Waals surface area contributed by atoms with E-state index in [-0.39, 0.29) is 11.3 Å². The summed E-state index contributed by atoms with van der Waals surface area (Å²) in [5.74, 6) is 0.928. The number of amides is 1. The van der Waals surface area contributed by atoms with Crippen LogP contribution >= 0.6 is 0 Å². The lowest BCUT2D eigenvalue weighted by Gasteiger charge is -2.18. The highest BCUT2D eigenvalue weighted by atomic mass is 16.5. The van der Waals surface area contributed by atoms with Crippen LogP contribution < -0.4 is 5.32 Å². The zero-order valence-corrected chi connectivity index (χ0v) is 15.3. The van der Waals surface area contributed by atoms with Gasteiger partial charge in [-0.15, -0.1) is 0 Å². The third-order valence-corrected chi connectivity index (χ3v) is 4.10. The number of rotatable bonds is 5. The smallest absolute Gasteiger partial charge is 0.227 e. The molecule has 3 rings (SSSR count). The lowest BCUT2D eigenvalue weighted by atomic mass is 9.87. The highest BCUT2D eigenvalue weighted by Crippen LogP contribution is 2.25. The Balaban J connectivity index is 1.58. The van der Waals surface area contributed by atoms with Crippen molar-refractivity contribution in [1.29, 1.82) is 0 Å². The minimum absolute atomic E-state index is 0.0783. The van der Waals surface area contributed by atoms with Gasteiger partial charge in [-0.25, -0.2) is 0 Å². The van der Waals surface area contributed by atoms with E-state index in [1.54, 1.807) is 0 Å². The monoisotopic (exact) mass is 349 g/mol. The van der Waals surface area contributed by atoms with Gasteiger partial charge in [-0.05, 0) is 23.1 Å². The molecule has 1 heterocycles. The van der Waals surface area contributed by atoms with Gasteiger partial charge in [0.15, 0.2) is 0 Å². The Labute approximate surface area is 153 Å². The van der Waals surface area contributed by atoms with Crippen molar-refractivity contribution in [2.75, 3.05) is 5.32 Å². The van der Waals surface area contributed by atoms with Gasteiger partial charge in [-0.3, -0.25) is 4.79 Å². The maximum Gasteiger partial charge on any atom is 0.227 e. The van der Waals surface area contributed by atoms with Crippen LogP contribution in [0.25, 0.3) is 11.4 Å².